The molecule has 0 spiro atoms. The Bertz CT molecular complexity index is 735. The smallest absolute Gasteiger partial charge is 0.256 e. The van der Waals surface area contributed by atoms with Crippen molar-refractivity contribution in [2.24, 2.45) is 0 Å². The molecule has 1 aliphatic carbocycles. The van der Waals surface area contributed by atoms with E-state index in [0.717, 1.165) is 28.5 Å². The first-order valence-corrected chi connectivity index (χ1v) is 7.19. The van der Waals surface area contributed by atoms with Gasteiger partial charge in [0.05, 0.1) is 5.69 Å². The zero-order chi connectivity index (χ0) is 16.0. The van der Waals surface area contributed by atoms with Crippen LogP contribution in [0.2, 0.25) is 0 Å². The minimum Gasteiger partial charge on any atom is -0.321 e. The predicted molar refractivity (Wildman–Crippen MR) is 93.7 cm³/mol. The minimum atomic E-state index is -0.0200. The lowest BCUT2D eigenvalue weighted by molar-refractivity contribution is 1.16. The highest BCUT2D eigenvalue weighted by atomic mass is 16.1. The van der Waals surface area contributed by atoms with Gasteiger partial charge in [0.2, 0.25) is 0 Å². The van der Waals surface area contributed by atoms with Crippen LogP contribution in [0.4, 0.5) is 0 Å². The van der Waals surface area contributed by atoms with Crippen molar-refractivity contribution in [2.75, 3.05) is 0 Å². The number of nitrogens with one attached hydrogen (secondary N) is 1. The summed E-state index contributed by atoms with van der Waals surface area (Å²) in [5, 5.41) is 1.83. The summed E-state index contributed by atoms with van der Waals surface area (Å²) in [6.07, 6.45) is 2.72. The van der Waals surface area contributed by atoms with Gasteiger partial charge in [-0.25, -0.2) is 0 Å². The molecule has 0 radical (unpaired) electrons. The molecule has 0 bridgehead atoms. The van der Waals surface area contributed by atoms with E-state index in [1.165, 1.54) is 11.1 Å². The van der Waals surface area contributed by atoms with E-state index in [1.807, 2.05) is 44.2 Å². The molecule has 2 aromatic rings. The van der Waals surface area contributed by atoms with Crippen LogP contribution in [0.5, 0.6) is 0 Å². The van der Waals surface area contributed by atoms with E-state index in [1.54, 1.807) is 0 Å². The van der Waals surface area contributed by atoms with Crippen molar-refractivity contribution in [1.82, 2.24) is 4.98 Å². The van der Waals surface area contributed by atoms with Gasteiger partial charge in [0, 0.05) is 5.39 Å². The van der Waals surface area contributed by atoms with Gasteiger partial charge in [-0.1, -0.05) is 50.3 Å². The molecule has 0 atom stereocenters. The first-order chi connectivity index (χ1) is 10.2. The van der Waals surface area contributed by atoms with Crippen LogP contribution in [0.15, 0.2) is 60.4 Å². The molecule has 110 valence electrons. The Morgan fingerprint density at radius 1 is 1.14 bits per heavy atom. The second-order valence-electron chi connectivity index (χ2n) is 4.43. The molecule has 21 heavy (non-hydrogen) atoms. The van der Waals surface area contributed by atoms with Crippen molar-refractivity contribution < 1.29 is 0 Å². The maximum atomic E-state index is 12.0. The van der Waals surface area contributed by atoms with Crippen molar-refractivity contribution in [3.05, 3.63) is 77.3 Å². The predicted octanol–water partition coefficient (Wildman–Crippen LogP) is 4.87. The van der Waals surface area contributed by atoms with E-state index in [0.29, 0.717) is 0 Å². The van der Waals surface area contributed by atoms with Crippen LogP contribution in [0.1, 0.15) is 32.0 Å². The van der Waals surface area contributed by atoms with E-state index >= 15 is 0 Å². The monoisotopic (exact) mass is 281 g/mol. The molecule has 1 aliphatic rings. The zero-order valence-corrected chi connectivity index (χ0v) is 13.1. The SMILES string of the molecule is C=C.C=CC1=C(C)Cc2c1[nH]c(=O)c1ccccc21.CC. The van der Waals surface area contributed by atoms with Crippen LogP contribution >= 0.6 is 0 Å². The minimum absolute atomic E-state index is 0.0200. The molecule has 1 N–H and O–H groups in total. The van der Waals surface area contributed by atoms with E-state index in [2.05, 4.69) is 31.6 Å². The Morgan fingerprint density at radius 2 is 1.71 bits per heavy atom. The fraction of sp³-hybridized carbons (Fsp3) is 0.211. The zero-order valence-electron chi connectivity index (χ0n) is 13.1. The van der Waals surface area contributed by atoms with Crippen LogP contribution in [0, 0.1) is 0 Å². The lowest BCUT2D eigenvalue weighted by Gasteiger charge is -2.05. The highest BCUT2D eigenvalue weighted by Gasteiger charge is 2.20. The van der Waals surface area contributed by atoms with E-state index in [9.17, 15) is 4.79 Å². The Hall–Kier alpha value is -2.35. The van der Waals surface area contributed by atoms with Crippen molar-refractivity contribution in [1.29, 1.82) is 0 Å². The molecular formula is C19H23NO. The third-order valence-electron chi connectivity index (χ3n) is 3.41. The molecule has 2 nitrogen and oxygen atoms in total. The second kappa shape index (κ2) is 7.44. The Balaban J connectivity index is 0.000000510. The number of aromatic nitrogens is 1. The maximum Gasteiger partial charge on any atom is 0.256 e. The van der Waals surface area contributed by atoms with Crippen molar-refractivity contribution >= 4 is 16.3 Å². The van der Waals surface area contributed by atoms with Gasteiger partial charge in [-0.15, -0.1) is 13.2 Å². The molecular weight excluding hydrogens is 258 g/mol. The number of pyridine rings is 1. The third-order valence-corrected chi connectivity index (χ3v) is 3.41. The van der Waals surface area contributed by atoms with E-state index < -0.39 is 0 Å². The van der Waals surface area contributed by atoms with Crippen LogP contribution in [0.25, 0.3) is 16.3 Å². The maximum absolute atomic E-state index is 12.0. The third kappa shape index (κ3) is 2.89. The molecule has 1 aromatic heterocycles. The molecule has 1 aromatic carbocycles. The van der Waals surface area contributed by atoms with Gasteiger partial charge in [0.1, 0.15) is 0 Å². The molecule has 0 saturated heterocycles. The molecule has 0 amide bonds. The number of hydrogen-bond acceptors (Lipinski definition) is 1. The average molecular weight is 281 g/mol. The standard InChI is InChI=1S/C15H13NO.C2H6.C2H4/c1-3-10-9(2)8-13-11-6-4-5-7-12(11)15(17)16-14(10)13;2*1-2/h3-7H,1,8H2,2H3,(H,16,17);1-2H3;1-2H2. The second-order valence-corrected chi connectivity index (χ2v) is 4.43. The molecule has 3 rings (SSSR count). The lowest BCUT2D eigenvalue weighted by Crippen LogP contribution is -2.10. The van der Waals surface area contributed by atoms with Gasteiger partial charge in [0.25, 0.3) is 5.56 Å². The molecule has 0 unspecified atom stereocenters. The number of H-pyrrole nitrogens is 1. The van der Waals surface area contributed by atoms with Crippen LogP contribution in [0.3, 0.4) is 0 Å². The van der Waals surface area contributed by atoms with Crippen LogP contribution in [-0.4, -0.2) is 4.98 Å². The molecule has 2 heteroatoms. The Morgan fingerprint density at radius 3 is 2.29 bits per heavy atom. The topological polar surface area (TPSA) is 32.9 Å². The van der Waals surface area contributed by atoms with Crippen molar-refractivity contribution in [3.63, 3.8) is 0 Å². The van der Waals surface area contributed by atoms with Gasteiger partial charge in [0.15, 0.2) is 0 Å². The summed E-state index contributed by atoms with van der Waals surface area (Å²) < 4.78 is 0. The van der Waals surface area contributed by atoms with Gasteiger partial charge >= 0.3 is 0 Å². The fourth-order valence-corrected chi connectivity index (χ4v) is 2.60. The first-order valence-electron chi connectivity index (χ1n) is 7.19. The number of allylic oxidation sites excluding steroid dienone is 3. The summed E-state index contributed by atoms with van der Waals surface area (Å²) in [5.74, 6) is 0. The molecule has 0 fully saturated rings. The number of rotatable bonds is 1. The summed E-state index contributed by atoms with van der Waals surface area (Å²) in [6.45, 7) is 15.9. The quantitative estimate of drug-likeness (QED) is 0.743. The van der Waals surface area contributed by atoms with E-state index in [4.69, 9.17) is 0 Å². The van der Waals surface area contributed by atoms with Crippen molar-refractivity contribution in [2.45, 2.75) is 27.2 Å². The van der Waals surface area contributed by atoms with Gasteiger partial charge in [-0.2, -0.15) is 0 Å². The number of fused-ring (bicyclic) bond motifs is 3. The summed E-state index contributed by atoms with van der Waals surface area (Å²) in [4.78, 5) is 15.0. The molecule has 0 saturated carbocycles. The summed E-state index contributed by atoms with van der Waals surface area (Å²) in [6, 6.07) is 7.76. The van der Waals surface area contributed by atoms with Crippen LogP contribution < -0.4 is 5.56 Å². The fourth-order valence-electron chi connectivity index (χ4n) is 2.60. The summed E-state index contributed by atoms with van der Waals surface area (Å²) >= 11 is 0. The van der Waals surface area contributed by atoms with Crippen LogP contribution in [-0.2, 0) is 6.42 Å². The molecule has 1 heterocycles. The first kappa shape index (κ1) is 16.7. The normalized spacial score (nSPS) is 12.0. The highest BCUT2D eigenvalue weighted by Crippen LogP contribution is 2.34. The largest absolute Gasteiger partial charge is 0.321 e. The summed E-state index contributed by atoms with van der Waals surface area (Å²) in [5.41, 5.74) is 4.48. The van der Waals surface area contributed by atoms with E-state index in [-0.39, 0.29) is 5.56 Å². The van der Waals surface area contributed by atoms with Gasteiger partial charge < -0.3 is 4.98 Å². The van der Waals surface area contributed by atoms with Gasteiger partial charge in [-0.05, 0) is 35.9 Å². The summed E-state index contributed by atoms with van der Waals surface area (Å²) in [7, 11) is 0. The average Bonchev–Trinajstić information content (AvgIpc) is 2.87. The molecule has 0 aliphatic heterocycles. The van der Waals surface area contributed by atoms with Gasteiger partial charge in [-0.3, -0.25) is 4.79 Å². The Kier molecular flexibility index (Phi) is 5.92. The number of hydrogen-bond donors (Lipinski definition) is 1. The highest BCUT2D eigenvalue weighted by molar-refractivity contribution is 5.93. The number of aromatic amines is 1. The lowest BCUT2D eigenvalue weighted by atomic mass is 10.0. The number of benzene rings is 1. The Labute approximate surface area is 126 Å². The van der Waals surface area contributed by atoms with Crippen molar-refractivity contribution in [3.8, 4) is 0 Å².